The Bertz CT molecular complexity index is 435. The molecule has 0 bridgehead atoms. The molecule has 1 aromatic carbocycles. The van der Waals surface area contributed by atoms with Crippen LogP contribution in [0, 0.1) is 5.92 Å². The van der Waals surface area contributed by atoms with E-state index in [-0.39, 0.29) is 0 Å². The maximum Gasteiger partial charge on any atom is 0.248 e. The lowest BCUT2D eigenvalue weighted by Crippen LogP contribution is -2.16. The molecule has 0 aliphatic heterocycles. The third kappa shape index (κ3) is 2.96. The Hall–Kier alpha value is -2.04. The van der Waals surface area contributed by atoms with Crippen LogP contribution in [0.25, 0.3) is 0 Å². The zero-order valence-corrected chi connectivity index (χ0v) is 9.40. The van der Waals surface area contributed by atoms with E-state index < -0.39 is 11.8 Å². The molecule has 5 heteroatoms. The number of nitrogens with two attached hydrogens (primary N) is 2. The smallest absolute Gasteiger partial charge is 0.248 e. The summed E-state index contributed by atoms with van der Waals surface area (Å²) < 4.78 is 0. The third-order valence-electron chi connectivity index (χ3n) is 2.79. The first-order valence-electron chi connectivity index (χ1n) is 5.55. The van der Waals surface area contributed by atoms with Crippen molar-refractivity contribution in [2.45, 2.75) is 12.8 Å². The van der Waals surface area contributed by atoms with Crippen LogP contribution in [0.3, 0.4) is 0 Å². The molecule has 1 fully saturated rings. The van der Waals surface area contributed by atoms with Crippen LogP contribution in [0.2, 0.25) is 0 Å². The lowest BCUT2D eigenvalue weighted by molar-refractivity contribution is 0.0999. The van der Waals surface area contributed by atoms with Gasteiger partial charge in [-0.1, -0.05) is 0 Å². The maximum absolute atomic E-state index is 11.1. The van der Waals surface area contributed by atoms with Gasteiger partial charge in [0.15, 0.2) is 0 Å². The Morgan fingerprint density at radius 1 is 1.12 bits per heavy atom. The van der Waals surface area contributed by atoms with Crippen LogP contribution in [0.4, 0.5) is 5.69 Å². The molecule has 2 amide bonds. The van der Waals surface area contributed by atoms with Crippen molar-refractivity contribution in [2.24, 2.45) is 17.4 Å². The van der Waals surface area contributed by atoms with Gasteiger partial charge in [0.1, 0.15) is 0 Å². The minimum Gasteiger partial charge on any atom is -0.385 e. The number of amides is 2. The number of benzene rings is 1. The second-order valence-electron chi connectivity index (χ2n) is 4.35. The van der Waals surface area contributed by atoms with Crippen molar-refractivity contribution in [3.05, 3.63) is 29.3 Å². The van der Waals surface area contributed by atoms with Crippen LogP contribution in [0.15, 0.2) is 18.2 Å². The van der Waals surface area contributed by atoms with Gasteiger partial charge in [0.2, 0.25) is 11.8 Å². The van der Waals surface area contributed by atoms with Crippen molar-refractivity contribution in [2.75, 3.05) is 11.9 Å². The van der Waals surface area contributed by atoms with E-state index in [1.807, 2.05) is 0 Å². The van der Waals surface area contributed by atoms with Crippen molar-refractivity contribution in [1.29, 1.82) is 0 Å². The van der Waals surface area contributed by atoms with Crippen LogP contribution >= 0.6 is 0 Å². The average Bonchev–Trinajstić information content (AvgIpc) is 3.09. The zero-order valence-electron chi connectivity index (χ0n) is 9.40. The van der Waals surface area contributed by atoms with E-state index in [4.69, 9.17) is 11.5 Å². The van der Waals surface area contributed by atoms with Crippen molar-refractivity contribution in [3.8, 4) is 0 Å². The van der Waals surface area contributed by atoms with Gasteiger partial charge in [-0.3, -0.25) is 9.59 Å². The van der Waals surface area contributed by atoms with Gasteiger partial charge in [0, 0.05) is 23.4 Å². The highest BCUT2D eigenvalue weighted by atomic mass is 16.1. The average molecular weight is 233 g/mol. The van der Waals surface area contributed by atoms with Gasteiger partial charge in [-0.05, 0) is 37.0 Å². The SMILES string of the molecule is NC(=O)c1cc(NCC2CC2)cc(C(N)=O)c1. The molecule has 0 unspecified atom stereocenters. The standard InChI is InChI=1S/C12H15N3O2/c13-11(16)8-3-9(12(14)17)5-10(4-8)15-6-7-1-2-7/h3-5,7,15H,1-2,6H2,(H2,13,16)(H2,14,17). The van der Waals surface area contributed by atoms with Gasteiger partial charge in [-0.15, -0.1) is 0 Å². The fraction of sp³-hybridized carbons (Fsp3) is 0.333. The van der Waals surface area contributed by atoms with Crippen LogP contribution in [0.5, 0.6) is 0 Å². The van der Waals surface area contributed by atoms with E-state index in [1.54, 1.807) is 12.1 Å². The Balaban J connectivity index is 2.22. The molecule has 1 aliphatic rings. The second-order valence-corrected chi connectivity index (χ2v) is 4.35. The quantitative estimate of drug-likeness (QED) is 0.698. The monoisotopic (exact) mass is 233 g/mol. The minimum atomic E-state index is -0.567. The second kappa shape index (κ2) is 4.45. The number of rotatable bonds is 5. The van der Waals surface area contributed by atoms with Gasteiger partial charge in [-0.2, -0.15) is 0 Å². The lowest BCUT2D eigenvalue weighted by Gasteiger charge is -2.08. The van der Waals surface area contributed by atoms with E-state index in [0.717, 1.165) is 6.54 Å². The molecule has 1 aromatic rings. The van der Waals surface area contributed by atoms with Crippen LogP contribution in [-0.4, -0.2) is 18.4 Å². The molecule has 2 rings (SSSR count). The molecule has 5 N–H and O–H groups in total. The highest BCUT2D eigenvalue weighted by Gasteiger charge is 2.20. The van der Waals surface area contributed by atoms with E-state index in [0.29, 0.717) is 22.7 Å². The van der Waals surface area contributed by atoms with E-state index in [1.165, 1.54) is 18.9 Å². The molecule has 1 saturated carbocycles. The van der Waals surface area contributed by atoms with Crippen molar-refractivity contribution in [1.82, 2.24) is 0 Å². The first-order chi connectivity index (χ1) is 8.06. The first-order valence-corrected chi connectivity index (χ1v) is 5.55. The summed E-state index contributed by atoms with van der Waals surface area (Å²) in [5.41, 5.74) is 11.7. The molecule has 0 aromatic heterocycles. The number of anilines is 1. The van der Waals surface area contributed by atoms with Crippen LogP contribution in [-0.2, 0) is 0 Å². The molecule has 0 spiro atoms. The number of carbonyl (C=O) groups is 2. The summed E-state index contributed by atoms with van der Waals surface area (Å²) in [6, 6.07) is 4.68. The Kier molecular flexibility index (Phi) is 2.99. The van der Waals surface area contributed by atoms with Crippen LogP contribution < -0.4 is 16.8 Å². The predicted molar refractivity (Wildman–Crippen MR) is 64.7 cm³/mol. The summed E-state index contributed by atoms with van der Waals surface area (Å²) in [6.45, 7) is 0.848. The molecule has 1 aliphatic carbocycles. The Morgan fingerprint density at radius 2 is 1.65 bits per heavy atom. The largest absolute Gasteiger partial charge is 0.385 e. The molecular formula is C12H15N3O2. The third-order valence-corrected chi connectivity index (χ3v) is 2.79. The Labute approximate surface area is 99.2 Å². The predicted octanol–water partition coefficient (Wildman–Crippen LogP) is 0.706. The molecule has 5 nitrogen and oxygen atoms in total. The lowest BCUT2D eigenvalue weighted by atomic mass is 10.1. The van der Waals surface area contributed by atoms with Crippen molar-refractivity contribution >= 4 is 17.5 Å². The van der Waals surface area contributed by atoms with Gasteiger partial charge >= 0.3 is 0 Å². The van der Waals surface area contributed by atoms with E-state index in [9.17, 15) is 9.59 Å². The summed E-state index contributed by atoms with van der Waals surface area (Å²) in [7, 11) is 0. The summed E-state index contributed by atoms with van der Waals surface area (Å²) in [5.74, 6) is -0.436. The molecule has 90 valence electrons. The van der Waals surface area contributed by atoms with Gasteiger partial charge in [0.25, 0.3) is 0 Å². The van der Waals surface area contributed by atoms with Crippen LogP contribution in [0.1, 0.15) is 33.6 Å². The fourth-order valence-electron chi connectivity index (χ4n) is 1.60. The topological polar surface area (TPSA) is 98.2 Å². The van der Waals surface area contributed by atoms with Gasteiger partial charge in [0.05, 0.1) is 0 Å². The molecule has 0 heterocycles. The molecule has 17 heavy (non-hydrogen) atoms. The Morgan fingerprint density at radius 3 is 2.06 bits per heavy atom. The molecular weight excluding hydrogens is 218 g/mol. The number of carbonyl (C=O) groups excluding carboxylic acids is 2. The summed E-state index contributed by atoms with van der Waals surface area (Å²) in [4.78, 5) is 22.2. The van der Waals surface area contributed by atoms with Crippen molar-refractivity contribution in [3.63, 3.8) is 0 Å². The summed E-state index contributed by atoms with van der Waals surface area (Å²) in [6.07, 6.45) is 2.45. The van der Waals surface area contributed by atoms with E-state index in [2.05, 4.69) is 5.32 Å². The highest BCUT2D eigenvalue weighted by Crippen LogP contribution is 2.29. The normalized spacial score (nSPS) is 14.4. The number of nitrogens with one attached hydrogen (secondary N) is 1. The molecule has 0 saturated heterocycles. The summed E-state index contributed by atoms with van der Waals surface area (Å²) in [5, 5.41) is 3.18. The maximum atomic E-state index is 11.1. The van der Waals surface area contributed by atoms with Gasteiger partial charge < -0.3 is 16.8 Å². The highest BCUT2D eigenvalue weighted by molar-refractivity contribution is 5.99. The number of primary amides is 2. The van der Waals surface area contributed by atoms with Gasteiger partial charge in [-0.25, -0.2) is 0 Å². The minimum absolute atomic E-state index is 0.291. The van der Waals surface area contributed by atoms with Crippen molar-refractivity contribution < 1.29 is 9.59 Å². The first kappa shape index (κ1) is 11.4. The summed E-state index contributed by atoms with van der Waals surface area (Å²) >= 11 is 0. The molecule has 0 radical (unpaired) electrons. The molecule has 0 atom stereocenters. The number of hydrogen-bond acceptors (Lipinski definition) is 3. The fourth-order valence-corrected chi connectivity index (χ4v) is 1.60. The van der Waals surface area contributed by atoms with E-state index >= 15 is 0 Å². The number of hydrogen-bond donors (Lipinski definition) is 3. The zero-order chi connectivity index (χ0) is 12.4.